The van der Waals surface area contributed by atoms with E-state index in [1.54, 1.807) is 14.2 Å². The van der Waals surface area contributed by atoms with Gasteiger partial charge < -0.3 is 20.1 Å². The van der Waals surface area contributed by atoms with E-state index < -0.39 is 11.1 Å². The molecule has 0 bridgehead atoms. The zero-order chi connectivity index (χ0) is 21.3. The number of benzene rings is 2. The van der Waals surface area contributed by atoms with Crippen LogP contribution in [-0.2, 0) is 35.3 Å². The number of hydrogen-bond acceptors (Lipinski definition) is 4. The van der Waals surface area contributed by atoms with Crippen molar-refractivity contribution in [3.05, 3.63) is 55.5 Å². The van der Waals surface area contributed by atoms with Crippen LogP contribution in [0.2, 0.25) is 0 Å². The van der Waals surface area contributed by atoms with Gasteiger partial charge in [-0.3, -0.25) is 9.59 Å². The molecule has 1 heterocycles. The first kappa shape index (κ1) is 19.9. The Morgan fingerprint density at radius 1 is 0.700 bits per heavy atom. The van der Waals surface area contributed by atoms with Gasteiger partial charge >= 0.3 is 0 Å². The van der Waals surface area contributed by atoms with Crippen molar-refractivity contribution in [2.75, 3.05) is 14.2 Å². The number of hydrogen-bond donors (Lipinski definition) is 2. The molecule has 2 aromatic rings. The van der Waals surface area contributed by atoms with Crippen LogP contribution in [-0.4, -0.2) is 37.1 Å². The van der Waals surface area contributed by atoms with Gasteiger partial charge in [-0.2, -0.15) is 0 Å². The maximum atomic E-state index is 13.5. The molecule has 0 unspecified atom stereocenters. The third kappa shape index (κ3) is 2.66. The number of fused-ring (bicyclic) bond motifs is 2. The highest BCUT2D eigenvalue weighted by molar-refractivity contribution is 9.10. The molecule has 0 radical (unpaired) electrons. The molecule has 5 rings (SSSR count). The Kier molecular flexibility index (Phi) is 4.45. The molecule has 1 saturated heterocycles. The van der Waals surface area contributed by atoms with Gasteiger partial charge in [-0.1, -0.05) is 31.9 Å². The largest absolute Gasteiger partial charge is 0.496 e. The highest BCUT2D eigenvalue weighted by Gasteiger charge is 2.58. The zero-order valence-corrected chi connectivity index (χ0v) is 19.7. The molecule has 2 N–H and O–H groups in total. The minimum atomic E-state index is -1.00. The summed E-state index contributed by atoms with van der Waals surface area (Å²) in [6.45, 7) is 0. The van der Waals surface area contributed by atoms with E-state index in [4.69, 9.17) is 9.47 Å². The van der Waals surface area contributed by atoms with Crippen LogP contribution in [0.4, 0.5) is 0 Å². The first-order valence-electron chi connectivity index (χ1n) is 9.66. The lowest BCUT2D eigenvalue weighted by Gasteiger charge is -2.43. The van der Waals surface area contributed by atoms with E-state index in [-0.39, 0.29) is 11.8 Å². The third-order valence-corrected chi connectivity index (χ3v) is 8.08. The lowest BCUT2D eigenvalue weighted by molar-refractivity contribution is -0.145. The summed E-state index contributed by atoms with van der Waals surface area (Å²) in [5.41, 5.74) is 1.91. The second kappa shape index (κ2) is 6.72. The van der Waals surface area contributed by atoms with Crippen molar-refractivity contribution in [3.63, 3.8) is 0 Å². The van der Waals surface area contributed by atoms with Gasteiger partial charge in [0.05, 0.1) is 14.2 Å². The fraction of sp³-hybridized carbons (Fsp3) is 0.364. The molecule has 3 aliphatic rings. The van der Waals surface area contributed by atoms with Crippen LogP contribution >= 0.6 is 31.9 Å². The fourth-order valence-electron chi connectivity index (χ4n) is 5.06. The molecule has 2 aliphatic carbocycles. The third-order valence-electron chi connectivity index (χ3n) is 6.59. The lowest BCUT2D eigenvalue weighted by atomic mass is 9.83. The van der Waals surface area contributed by atoms with Crippen LogP contribution in [0.25, 0.3) is 0 Å². The van der Waals surface area contributed by atoms with Gasteiger partial charge in [-0.15, -0.1) is 0 Å². The van der Waals surface area contributed by atoms with Gasteiger partial charge in [0.15, 0.2) is 0 Å². The van der Waals surface area contributed by atoms with Crippen LogP contribution < -0.4 is 20.1 Å². The summed E-state index contributed by atoms with van der Waals surface area (Å²) >= 11 is 7.16. The van der Waals surface area contributed by atoms with Gasteiger partial charge in [-0.05, 0) is 35.4 Å². The van der Waals surface area contributed by atoms with Crippen molar-refractivity contribution in [1.82, 2.24) is 10.6 Å². The van der Waals surface area contributed by atoms with Gasteiger partial charge in [-0.25, -0.2) is 0 Å². The van der Waals surface area contributed by atoms with Crippen molar-refractivity contribution in [2.24, 2.45) is 0 Å². The van der Waals surface area contributed by atoms with Crippen LogP contribution in [0.3, 0.4) is 0 Å². The molecule has 6 nitrogen and oxygen atoms in total. The molecule has 156 valence electrons. The molecule has 2 aromatic carbocycles. The zero-order valence-electron chi connectivity index (χ0n) is 16.5. The number of carbonyl (C=O) groups is 2. The summed E-state index contributed by atoms with van der Waals surface area (Å²) < 4.78 is 12.8. The molecule has 30 heavy (non-hydrogen) atoms. The van der Waals surface area contributed by atoms with Gasteiger partial charge in [0.25, 0.3) is 0 Å². The normalized spacial score (nSPS) is 26.4. The molecule has 2 amide bonds. The number of amides is 2. The van der Waals surface area contributed by atoms with E-state index in [9.17, 15) is 9.59 Å². The number of ether oxygens (including phenoxy) is 2. The van der Waals surface area contributed by atoms with Crippen molar-refractivity contribution < 1.29 is 19.1 Å². The van der Waals surface area contributed by atoms with Crippen molar-refractivity contribution in [3.8, 4) is 11.5 Å². The summed E-state index contributed by atoms with van der Waals surface area (Å²) in [5, 5.41) is 6.22. The summed E-state index contributed by atoms with van der Waals surface area (Å²) in [6, 6.07) is 7.59. The smallest absolute Gasteiger partial charge is 0.247 e. The van der Waals surface area contributed by atoms with E-state index in [2.05, 4.69) is 42.5 Å². The van der Waals surface area contributed by atoms with E-state index >= 15 is 0 Å². The number of halogens is 2. The van der Waals surface area contributed by atoms with Crippen LogP contribution in [0, 0.1) is 0 Å². The molecule has 2 spiro atoms. The topological polar surface area (TPSA) is 76.7 Å². The van der Waals surface area contributed by atoms with E-state index in [1.807, 2.05) is 24.3 Å². The standard InChI is InChI=1S/C22H20Br2N2O4/c1-29-17-5-3-15(23)11-7-21(9-13(11)17)19(27)26-22(20(28)25-21)8-12-14(10-22)18(30-2)6-4-16(12)24/h3-6H,7-10H2,1-2H3,(H,25,28)(H,26,27)/t21-,22-/m1/s1. The first-order chi connectivity index (χ1) is 14.3. The monoisotopic (exact) mass is 534 g/mol. The van der Waals surface area contributed by atoms with Crippen molar-refractivity contribution >= 4 is 43.7 Å². The second-order valence-corrected chi connectivity index (χ2v) is 9.90. The highest BCUT2D eigenvalue weighted by Crippen LogP contribution is 2.45. The quantitative estimate of drug-likeness (QED) is 0.620. The van der Waals surface area contributed by atoms with E-state index in [1.165, 1.54) is 0 Å². The molecule has 1 aliphatic heterocycles. The number of methoxy groups -OCH3 is 2. The highest BCUT2D eigenvalue weighted by atomic mass is 79.9. The SMILES string of the molecule is COc1ccc(Br)c2c1C[C@@]1(C2)NC(=O)[C@]2(Cc3c(Br)ccc(OC)c3C2)NC1=O. The van der Waals surface area contributed by atoms with Crippen molar-refractivity contribution in [2.45, 2.75) is 36.8 Å². The second-order valence-electron chi connectivity index (χ2n) is 8.19. The van der Waals surface area contributed by atoms with Crippen LogP contribution in [0.5, 0.6) is 11.5 Å². The Morgan fingerprint density at radius 3 is 1.43 bits per heavy atom. The number of rotatable bonds is 2. The molecule has 1 fully saturated rings. The average molecular weight is 536 g/mol. The molecular formula is C22H20Br2N2O4. The van der Waals surface area contributed by atoms with Crippen molar-refractivity contribution in [1.29, 1.82) is 0 Å². The summed E-state index contributed by atoms with van der Waals surface area (Å²) in [5.74, 6) is 1.15. The molecule has 0 saturated carbocycles. The van der Waals surface area contributed by atoms with Crippen LogP contribution in [0.1, 0.15) is 22.3 Å². The van der Waals surface area contributed by atoms with Gasteiger partial charge in [0.2, 0.25) is 11.8 Å². The lowest BCUT2D eigenvalue weighted by Crippen LogP contribution is -2.75. The molecule has 0 aromatic heterocycles. The summed E-state index contributed by atoms with van der Waals surface area (Å²) in [4.78, 5) is 26.9. The predicted octanol–water partition coefficient (Wildman–Crippen LogP) is 2.85. The first-order valence-corrected chi connectivity index (χ1v) is 11.2. The Balaban J connectivity index is 1.49. The Morgan fingerprint density at radius 2 is 1.07 bits per heavy atom. The molecular weight excluding hydrogens is 516 g/mol. The van der Waals surface area contributed by atoms with E-state index in [0.29, 0.717) is 25.7 Å². The van der Waals surface area contributed by atoms with Gasteiger partial charge in [0.1, 0.15) is 22.6 Å². The van der Waals surface area contributed by atoms with Gasteiger partial charge in [0, 0.05) is 45.8 Å². The fourth-order valence-corrected chi connectivity index (χ4v) is 6.08. The molecule has 8 heteroatoms. The Bertz CT molecular complexity index is 1030. The maximum absolute atomic E-state index is 13.5. The number of nitrogens with one attached hydrogen (secondary N) is 2. The average Bonchev–Trinajstić information content (AvgIpc) is 3.29. The number of piperazine rings is 1. The number of carbonyl (C=O) groups excluding carboxylic acids is 2. The predicted molar refractivity (Wildman–Crippen MR) is 118 cm³/mol. The maximum Gasteiger partial charge on any atom is 0.247 e. The van der Waals surface area contributed by atoms with E-state index in [0.717, 1.165) is 42.7 Å². The Hall–Kier alpha value is -2.06. The Labute approximate surface area is 191 Å². The summed E-state index contributed by atoms with van der Waals surface area (Å²) in [6.07, 6.45) is 1.65. The minimum Gasteiger partial charge on any atom is -0.496 e. The van der Waals surface area contributed by atoms with Crippen LogP contribution in [0.15, 0.2) is 33.2 Å². The molecule has 2 atom stereocenters. The summed E-state index contributed by atoms with van der Waals surface area (Å²) in [7, 11) is 3.23. The minimum absolute atomic E-state index is 0.157.